The maximum Gasteiger partial charge on any atom is 0.258 e. The van der Waals surface area contributed by atoms with Gasteiger partial charge in [0.25, 0.3) is 5.91 Å². The molecular weight excluding hydrogens is 340 g/mol. The van der Waals surface area contributed by atoms with Crippen LogP contribution in [0.2, 0.25) is 0 Å². The number of hydrogen-bond donors (Lipinski definition) is 2. The number of benzene rings is 2. The summed E-state index contributed by atoms with van der Waals surface area (Å²) in [7, 11) is 0. The van der Waals surface area contributed by atoms with Crippen molar-refractivity contribution in [1.29, 1.82) is 0 Å². The molecule has 0 bridgehead atoms. The summed E-state index contributed by atoms with van der Waals surface area (Å²) in [5, 5.41) is 7.21. The molecule has 25 heavy (non-hydrogen) atoms. The highest BCUT2D eigenvalue weighted by atomic mass is 32.2. The van der Waals surface area contributed by atoms with Crippen molar-refractivity contribution in [3.8, 4) is 5.75 Å². The van der Waals surface area contributed by atoms with E-state index in [1.807, 2.05) is 42.5 Å². The van der Waals surface area contributed by atoms with Gasteiger partial charge in [0.2, 0.25) is 5.91 Å². The van der Waals surface area contributed by atoms with Gasteiger partial charge >= 0.3 is 0 Å². The lowest BCUT2D eigenvalue weighted by molar-refractivity contribution is -0.122. The average molecular weight is 360 g/mol. The standard InChI is InChI=1S/C18H20N2O4S/c21-10-9-19-17(22)8-11-25-13-20-18(23)12-24-16-7-3-5-14-4-1-2-6-15(14)16/h1-7,10H,8-9,11-13H2,(H,19,22)(H,20,23). The first-order valence-electron chi connectivity index (χ1n) is 7.86. The van der Waals surface area contributed by atoms with Gasteiger partial charge in [-0.1, -0.05) is 36.4 Å². The van der Waals surface area contributed by atoms with Crippen LogP contribution in [-0.2, 0) is 14.4 Å². The third-order valence-electron chi connectivity index (χ3n) is 3.34. The van der Waals surface area contributed by atoms with Gasteiger partial charge in [-0.25, -0.2) is 0 Å². The Kier molecular flexibility index (Phi) is 7.78. The molecule has 0 heterocycles. The van der Waals surface area contributed by atoms with E-state index in [1.165, 1.54) is 11.8 Å². The third-order valence-corrected chi connectivity index (χ3v) is 4.18. The van der Waals surface area contributed by atoms with Crippen molar-refractivity contribution in [3.05, 3.63) is 42.5 Å². The zero-order valence-electron chi connectivity index (χ0n) is 13.7. The zero-order chi connectivity index (χ0) is 17.9. The average Bonchev–Trinajstić information content (AvgIpc) is 2.64. The highest BCUT2D eigenvalue weighted by Crippen LogP contribution is 2.24. The summed E-state index contributed by atoms with van der Waals surface area (Å²) >= 11 is 1.43. The van der Waals surface area contributed by atoms with Crippen molar-refractivity contribution in [1.82, 2.24) is 10.6 Å². The number of ether oxygens (including phenoxy) is 1. The molecule has 0 aromatic heterocycles. The van der Waals surface area contributed by atoms with Crippen LogP contribution in [0.1, 0.15) is 6.42 Å². The Morgan fingerprint density at radius 1 is 1.04 bits per heavy atom. The molecule has 0 unspecified atom stereocenters. The molecule has 0 fully saturated rings. The number of amides is 2. The molecule has 6 nitrogen and oxygen atoms in total. The Morgan fingerprint density at radius 3 is 2.68 bits per heavy atom. The number of nitrogens with one attached hydrogen (secondary N) is 2. The SMILES string of the molecule is O=CCNC(=O)CCSCNC(=O)COc1cccc2ccccc12. The van der Waals surface area contributed by atoms with E-state index in [4.69, 9.17) is 4.74 Å². The normalized spacial score (nSPS) is 10.2. The third kappa shape index (κ3) is 6.46. The van der Waals surface area contributed by atoms with Crippen LogP contribution in [0.15, 0.2) is 42.5 Å². The molecule has 7 heteroatoms. The first-order chi connectivity index (χ1) is 12.2. The fraction of sp³-hybridized carbons (Fsp3) is 0.278. The van der Waals surface area contributed by atoms with Crippen molar-refractivity contribution >= 4 is 40.6 Å². The van der Waals surface area contributed by atoms with E-state index in [2.05, 4.69) is 10.6 Å². The van der Waals surface area contributed by atoms with Crippen molar-refractivity contribution < 1.29 is 19.1 Å². The van der Waals surface area contributed by atoms with Gasteiger partial charge in [-0.3, -0.25) is 9.59 Å². The van der Waals surface area contributed by atoms with E-state index in [0.717, 1.165) is 10.8 Å². The first kappa shape index (κ1) is 18.8. The van der Waals surface area contributed by atoms with Crippen LogP contribution in [0, 0.1) is 0 Å². The van der Waals surface area contributed by atoms with Gasteiger partial charge in [0.05, 0.1) is 12.4 Å². The summed E-state index contributed by atoms with van der Waals surface area (Å²) in [6.45, 7) is -0.0276. The number of hydrogen-bond acceptors (Lipinski definition) is 5. The fourth-order valence-corrected chi connectivity index (χ4v) is 2.87. The van der Waals surface area contributed by atoms with Crippen LogP contribution in [0.3, 0.4) is 0 Å². The molecule has 2 N–H and O–H groups in total. The van der Waals surface area contributed by atoms with E-state index >= 15 is 0 Å². The number of fused-ring (bicyclic) bond motifs is 1. The van der Waals surface area contributed by atoms with Crippen molar-refractivity contribution in [2.45, 2.75) is 6.42 Å². The minimum absolute atomic E-state index is 0.0335. The largest absolute Gasteiger partial charge is 0.483 e. The summed E-state index contributed by atoms with van der Waals surface area (Å²) in [6.07, 6.45) is 0.947. The Morgan fingerprint density at radius 2 is 1.84 bits per heavy atom. The minimum Gasteiger partial charge on any atom is -0.483 e. The van der Waals surface area contributed by atoms with Gasteiger partial charge in [-0.05, 0) is 11.5 Å². The highest BCUT2D eigenvalue weighted by molar-refractivity contribution is 7.99. The Hall–Kier alpha value is -2.54. The van der Waals surface area contributed by atoms with Crippen LogP contribution in [0.4, 0.5) is 0 Å². The van der Waals surface area contributed by atoms with Gasteiger partial charge in [0.1, 0.15) is 12.0 Å². The minimum atomic E-state index is -0.217. The summed E-state index contributed by atoms with van der Waals surface area (Å²) in [4.78, 5) is 33.2. The number of aldehydes is 1. The van der Waals surface area contributed by atoms with Crippen LogP contribution in [0.5, 0.6) is 5.75 Å². The maximum atomic E-state index is 11.8. The molecule has 0 atom stereocenters. The summed E-state index contributed by atoms with van der Waals surface area (Å²) < 4.78 is 5.60. The lowest BCUT2D eigenvalue weighted by Gasteiger charge is -2.09. The molecule has 0 aliphatic heterocycles. The zero-order valence-corrected chi connectivity index (χ0v) is 14.5. The monoisotopic (exact) mass is 360 g/mol. The highest BCUT2D eigenvalue weighted by Gasteiger charge is 2.06. The lowest BCUT2D eigenvalue weighted by atomic mass is 10.1. The predicted molar refractivity (Wildman–Crippen MR) is 98.6 cm³/mol. The van der Waals surface area contributed by atoms with E-state index in [1.54, 1.807) is 0 Å². The second kappa shape index (κ2) is 10.4. The predicted octanol–water partition coefficient (Wildman–Crippen LogP) is 1.73. The maximum absolute atomic E-state index is 11.8. The van der Waals surface area contributed by atoms with Crippen LogP contribution < -0.4 is 15.4 Å². The van der Waals surface area contributed by atoms with Gasteiger partial charge in [-0.15, -0.1) is 11.8 Å². The van der Waals surface area contributed by atoms with Crippen molar-refractivity contribution in [2.24, 2.45) is 0 Å². The van der Waals surface area contributed by atoms with Crippen LogP contribution in [0.25, 0.3) is 10.8 Å². The van der Waals surface area contributed by atoms with Gasteiger partial charge in [-0.2, -0.15) is 0 Å². The smallest absolute Gasteiger partial charge is 0.258 e. The molecule has 2 aromatic carbocycles. The summed E-state index contributed by atoms with van der Waals surface area (Å²) in [6, 6.07) is 13.5. The van der Waals surface area contributed by atoms with Crippen molar-refractivity contribution in [3.63, 3.8) is 0 Å². The molecule has 0 aliphatic rings. The molecule has 0 saturated carbocycles. The van der Waals surface area contributed by atoms with E-state index in [0.29, 0.717) is 30.1 Å². The second-order valence-corrected chi connectivity index (χ2v) is 6.24. The lowest BCUT2D eigenvalue weighted by Crippen LogP contribution is -2.29. The molecule has 2 aromatic rings. The van der Waals surface area contributed by atoms with Gasteiger partial charge in [0.15, 0.2) is 6.61 Å². The first-order valence-corrected chi connectivity index (χ1v) is 9.01. The molecule has 2 rings (SSSR count). The van der Waals surface area contributed by atoms with E-state index in [9.17, 15) is 14.4 Å². The Bertz CT molecular complexity index is 731. The topological polar surface area (TPSA) is 84.5 Å². The molecular formula is C18H20N2O4S. The Labute approximate surface area is 150 Å². The summed E-state index contributed by atoms with van der Waals surface area (Å²) in [5.41, 5.74) is 0. The van der Waals surface area contributed by atoms with Gasteiger partial charge < -0.3 is 20.2 Å². The second-order valence-electron chi connectivity index (χ2n) is 5.14. The van der Waals surface area contributed by atoms with Gasteiger partial charge in [0, 0.05) is 17.6 Å². The van der Waals surface area contributed by atoms with Crippen molar-refractivity contribution in [2.75, 3.05) is 24.8 Å². The molecule has 0 spiro atoms. The molecule has 0 saturated heterocycles. The van der Waals surface area contributed by atoms with Crippen LogP contribution >= 0.6 is 11.8 Å². The number of thioether (sulfide) groups is 1. The fourth-order valence-electron chi connectivity index (χ4n) is 2.13. The number of carbonyl (C=O) groups excluding carboxylic acids is 3. The molecule has 0 aliphatic carbocycles. The molecule has 0 radical (unpaired) electrons. The quantitative estimate of drug-likeness (QED) is 0.383. The summed E-state index contributed by atoms with van der Waals surface area (Å²) in [5.74, 6) is 1.25. The van der Waals surface area contributed by atoms with E-state index < -0.39 is 0 Å². The number of carbonyl (C=O) groups is 3. The number of rotatable bonds is 10. The Balaban J connectivity index is 1.65. The van der Waals surface area contributed by atoms with E-state index in [-0.39, 0.29) is 25.0 Å². The molecule has 2 amide bonds. The van der Waals surface area contributed by atoms with Crippen LogP contribution in [-0.4, -0.2) is 42.9 Å². The molecule has 132 valence electrons.